The standard InChI is InChI=1S/C8H14F3NO/c1-2-5-3-6(5)12-4-7(13)8(9,10)11/h5-7,12-13H,2-4H2,1H3. The van der Waals surface area contributed by atoms with Crippen molar-refractivity contribution < 1.29 is 18.3 Å². The molecule has 2 N–H and O–H groups in total. The Labute approximate surface area is 75.1 Å². The molecule has 1 aliphatic carbocycles. The van der Waals surface area contributed by atoms with Gasteiger partial charge in [-0.1, -0.05) is 13.3 Å². The molecule has 1 aliphatic rings. The molecule has 0 saturated heterocycles. The second-order valence-electron chi connectivity index (χ2n) is 3.48. The molecule has 1 fully saturated rings. The molecule has 13 heavy (non-hydrogen) atoms. The third-order valence-corrected chi connectivity index (χ3v) is 2.40. The van der Waals surface area contributed by atoms with E-state index in [4.69, 9.17) is 5.11 Å². The van der Waals surface area contributed by atoms with Crippen LogP contribution < -0.4 is 5.32 Å². The van der Waals surface area contributed by atoms with Gasteiger partial charge in [-0.3, -0.25) is 0 Å². The quantitative estimate of drug-likeness (QED) is 0.712. The molecule has 3 unspecified atom stereocenters. The average Bonchev–Trinajstić information content (AvgIpc) is 2.76. The summed E-state index contributed by atoms with van der Waals surface area (Å²) in [6.07, 6.45) is -4.81. The van der Waals surface area contributed by atoms with Crippen molar-refractivity contribution in [3.63, 3.8) is 0 Å². The summed E-state index contributed by atoms with van der Waals surface area (Å²) in [6.45, 7) is 1.62. The normalized spacial score (nSPS) is 30.2. The lowest BCUT2D eigenvalue weighted by molar-refractivity contribution is -0.201. The summed E-state index contributed by atoms with van der Waals surface area (Å²) in [7, 11) is 0. The predicted molar refractivity (Wildman–Crippen MR) is 42.3 cm³/mol. The van der Waals surface area contributed by atoms with Crippen molar-refractivity contribution in [1.82, 2.24) is 5.32 Å². The molecule has 0 amide bonds. The van der Waals surface area contributed by atoms with Gasteiger partial charge in [0.25, 0.3) is 0 Å². The SMILES string of the molecule is CCC1CC1NCC(O)C(F)(F)F. The van der Waals surface area contributed by atoms with E-state index >= 15 is 0 Å². The summed E-state index contributed by atoms with van der Waals surface area (Å²) in [6, 6.07) is 0.182. The Hall–Kier alpha value is -0.290. The molecule has 0 aromatic rings. The molecular weight excluding hydrogens is 183 g/mol. The van der Waals surface area contributed by atoms with Gasteiger partial charge in [0.2, 0.25) is 0 Å². The molecule has 0 aromatic carbocycles. The first-order valence-corrected chi connectivity index (χ1v) is 4.43. The lowest BCUT2D eigenvalue weighted by Crippen LogP contribution is -2.39. The zero-order valence-corrected chi connectivity index (χ0v) is 7.43. The minimum absolute atomic E-state index is 0.182. The van der Waals surface area contributed by atoms with Gasteiger partial charge in [0.1, 0.15) is 0 Å². The molecule has 3 atom stereocenters. The summed E-state index contributed by atoms with van der Waals surface area (Å²) in [5.74, 6) is 0.500. The number of hydrogen-bond acceptors (Lipinski definition) is 2. The van der Waals surface area contributed by atoms with Crippen LogP contribution >= 0.6 is 0 Å². The van der Waals surface area contributed by atoms with Gasteiger partial charge in [-0.05, 0) is 12.3 Å². The van der Waals surface area contributed by atoms with Gasteiger partial charge in [0.05, 0.1) is 0 Å². The Bertz CT molecular complexity index is 171. The second-order valence-corrected chi connectivity index (χ2v) is 3.48. The van der Waals surface area contributed by atoms with Crippen LogP contribution in [0.15, 0.2) is 0 Å². The highest BCUT2D eigenvalue weighted by atomic mass is 19.4. The highest BCUT2D eigenvalue weighted by Crippen LogP contribution is 2.33. The van der Waals surface area contributed by atoms with Gasteiger partial charge < -0.3 is 10.4 Å². The first kappa shape index (κ1) is 10.8. The van der Waals surface area contributed by atoms with Gasteiger partial charge in [0, 0.05) is 12.6 Å². The summed E-state index contributed by atoms with van der Waals surface area (Å²) in [4.78, 5) is 0. The Balaban J connectivity index is 2.13. The molecule has 0 spiro atoms. The fourth-order valence-electron chi connectivity index (χ4n) is 1.33. The van der Waals surface area contributed by atoms with E-state index in [0.29, 0.717) is 5.92 Å². The van der Waals surface area contributed by atoms with Crippen molar-refractivity contribution in [3.05, 3.63) is 0 Å². The van der Waals surface area contributed by atoms with Crippen molar-refractivity contribution in [2.75, 3.05) is 6.54 Å². The van der Waals surface area contributed by atoms with E-state index in [9.17, 15) is 13.2 Å². The monoisotopic (exact) mass is 197 g/mol. The fraction of sp³-hybridized carbons (Fsp3) is 1.00. The first-order valence-electron chi connectivity index (χ1n) is 4.43. The topological polar surface area (TPSA) is 32.3 Å². The Kier molecular flexibility index (Phi) is 3.18. The molecular formula is C8H14F3NO. The van der Waals surface area contributed by atoms with Crippen LogP contribution in [-0.2, 0) is 0 Å². The largest absolute Gasteiger partial charge is 0.415 e. The van der Waals surface area contributed by atoms with Crippen LogP contribution in [0.2, 0.25) is 0 Å². The van der Waals surface area contributed by atoms with E-state index < -0.39 is 12.3 Å². The minimum atomic E-state index is -4.50. The van der Waals surface area contributed by atoms with Gasteiger partial charge in [-0.25, -0.2) is 0 Å². The molecule has 1 saturated carbocycles. The third kappa shape index (κ3) is 3.15. The molecule has 0 aliphatic heterocycles. The Morgan fingerprint density at radius 1 is 1.54 bits per heavy atom. The molecule has 5 heteroatoms. The summed E-state index contributed by atoms with van der Waals surface area (Å²) < 4.78 is 35.4. The van der Waals surface area contributed by atoms with Gasteiger partial charge in [0.15, 0.2) is 6.10 Å². The van der Waals surface area contributed by atoms with Crippen LogP contribution in [0.3, 0.4) is 0 Å². The molecule has 1 rings (SSSR count). The van der Waals surface area contributed by atoms with Crippen molar-refractivity contribution in [1.29, 1.82) is 0 Å². The van der Waals surface area contributed by atoms with Crippen LogP contribution in [0, 0.1) is 5.92 Å². The molecule has 0 bridgehead atoms. The Morgan fingerprint density at radius 3 is 2.54 bits per heavy atom. The minimum Gasteiger partial charge on any atom is -0.382 e. The zero-order valence-electron chi connectivity index (χ0n) is 7.43. The number of nitrogens with one attached hydrogen (secondary N) is 1. The Morgan fingerprint density at radius 2 is 2.15 bits per heavy atom. The number of alkyl halides is 3. The number of hydrogen-bond donors (Lipinski definition) is 2. The van der Waals surface area contributed by atoms with E-state index in [1.165, 1.54) is 0 Å². The number of halogens is 3. The average molecular weight is 197 g/mol. The van der Waals surface area contributed by atoms with E-state index in [1.54, 1.807) is 0 Å². The highest BCUT2D eigenvalue weighted by Gasteiger charge is 2.41. The van der Waals surface area contributed by atoms with Crippen LogP contribution in [0.5, 0.6) is 0 Å². The molecule has 2 nitrogen and oxygen atoms in total. The third-order valence-electron chi connectivity index (χ3n) is 2.40. The number of aliphatic hydroxyl groups excluding tert-OH is 1. The van der Waals surface area contributed by atoms with E-state index in [2.05, 4.69) is 5.32 Å². The lowest BCUT2D eigenvalue weighted by Gasteiger charge is -2.14. The van der Waals surface area contributed by atoms with Crippen LogP contribution in [0.4, 0.5) is 13.2 Å². The second kappa shape index (κ2) is 3.84. The molecule has 0 radical (unpaired) electrons. The van der Waals surface area contributed by atoms with E-state index in [0.717, 1.165) is 12.8 Å². The van der Waals surface area contributed by atoms with Gasteiger partial charge in [-0.2, -0.15) is 13.2 Å². The van der Waals surface area contributed by atoms with Gasteiger partial charge in [-0.15, -0.1) is 0 Å². The summed E-state index contributed by atoms with van der Waals surface area (Å²) in [5.41, 5.74) is 0. The highest BCUT2D eigenvalue weighted by molar-refractivity contribution is 4.92. The summed E-state index contributed by atoms with van der Waals surface area (Å²) in [5, 5.41) is 11.3. The molecule has 0 aromatic heterocycles. The molecule has 78 valence electrons. The van der Waals surface area contributed by atoms with E-state index in [1.807, 2.05) is 6.92 Å². The fourth-order valence-corrected chi connectivity index (χ4v) is 1.33. The maximum atomic E-state index is 11.8. The van der Waals surface area contributed by atoms with Gasteiger partial charge >= 0.3 is 6.18 Å². The zero-order chi connectivity index (χ0) is 10.1. The van der Waals surface area contributed by atoms with Crippen molar-refractivity contribution >= 4 is 0 Å². The van der Waals surface area contributed by atoms with E-state index in [-0.39, 0.29) is 12.6 Å². The molecule has 0 heterocycles. The maximum absolute atomic E-state index is 11.8. The maximum Gasteiger partial charge on any atom is 0.415 e. The smallest absolute Gasteiger partial charge is 0.382 e. The predicted octanol–water partition coefficient (Wildman–Crippen LogP) is 1.30. The van der Waals surface area contributed by atoms with Crippen LogP contribution in [-0.4, -0.2) is 30.0 Å². The lowest BCUT2D eigenvalue weighted by atomic mass is 10.3. The first-order chi connectivity index (χ1) is 5.95. The number of aliphatic hydroxyl groups is 1. The van der Waals surface area contributed by atoms with Crippen LogP contribution in [0.25, 0.3) is 0 Å². The number of rotatable bonds is 4. The van der Waals surface area contributed by atoms with Crippen molar-refractivity contribution in [2.24, 2.45) is 5.92 Å². The van der Waals surface area contributed by atoms with Crippen LogP contribution in [0.1, 0.15) is 19.8 Å². The summed E-state index contributed by atoms with van der Waals surface area (Å²) >= 11 is 0. The van der Waals surface area contributed by atoms with Crippen molar-refractivity contribution in [2.45, 2.75) is 38.1 Å². The van der Waals surface area contributed by atoms with Crippen molar-refractivity contribution in [3.8, 4) is 0 Å².